The fourth-order valence-corrected chi connectivity index (χ4v) is 2.21. The summed E-state index contributed by atoms with van der Waals surface area (Å²) in [5, 5.41) is 9.51. The number of thiophene rings is 1. The van der Waals surface area contributed by atoms with Crippen molar-refractivity contribution in [1.29, 1.82) is 5.41 Å². The number of rotatable bonds is 5. The zero-order chi connectivity index (χ0) is 12.1. The maximum absolute atomic E-state index is 7.48. The highest BCUT2D eigenvalue weighted by Gasteiger charge is 2.04. The van der Waals surface area contributed by atoms with E-state index in [1.807, 2.05) is 41.8 Å². The lowest BCUT2D eigenvalue weighted by atomic mass is 10.1. The van der Waals surface area contributed by atoms with E-state index in [-0.39, 0.29) is 5.84 Å². The van der Waals surface area contributed by atoms with Gasteiger partial charge >= 0.3 is 0 Å². The van der Waals surface area contributed by atoms with Crippen LogP contribution >= 0.6 is 11.3 Å². The Morgan fingerprint density at radius 2 is 2.00 bits per heavy atom. The van der Waals surface area contributed by atoms with Gasteiger partial charge in [-0.05, 0) is 17.0 Å². The Hall–Kier alpha value is -1.65. The van der Waals surface area contributed by atoms with Gasteiger partial charge in [0.15, 0.2) is 0 Å². The van der Waals surface area contributed by atoms with Crippen molar-refractivity contribution in [2.24, 2.45) is 5.73 Å². The molecule has 0 bridgehead atoms. The Morgan fingerprint density at radius 3 is 2.71 bits per heavy atom. The molecule has 2 rings (SSSR count). The molecule has 0 saturated heterocycles. The van der Waals surface area contributed by atoms with Crippen LogP contribution in [0.2, 0.25) is 0 Å². The molecule has 2 aromatic rings. The monoisotopic (exact) mass is 246 g/mol. The lowest BCUT2D eigenvalue weighted by molar-refractivity contribution is 0.109. The van der Waals surface area contributed by atoms with E-state index in [9.17, 15) is 0 Å². The first-order chi connectivity index (χ1) is 8.27. The quantitative estimate of drug-likeness (QED) is 0.629. The van der Waals surface area contributed by atoms with Crippen molar-refractivity contribution in [3.63, 3.8) is 0 Å². The number of hydrogen-bond donors (Lipinski definition) is 2. The maximum atomic E-state index is 7.48. The molecule has 1 aromatic carbocycles. The zero-order valence-corrected chi connectivity index (χ0v) is 10.2. The van der Waals surface area contributed by atoms with Crippen LogP contribution in [0.25, 0.3) is 0 Å². The summed E-state index contributed by atoms with van der Waals surface area (Å²) in [6, 6.07) is 11.6. The van der Waals surface area contributed by atoms with E-state index < -0.39 is 0 Å². The van der Waals surface area contributed by atoms with Crippen LogP contribution in [0.4, 0.5) is 0 Å². The Labute approximate surface area is 104 Å². The van der Waals surface area contributed by atoms with Crippen LogP contribution < -0.4 is 5.73 Å². The molecular formula is C13H14N2OS. The van der Waals surface area contributed by atoms with Gasteiger partial charge in [0, 0.05) is 10.4 Å². The van der Waals surface area contributed by atoms with E-state index in [0.717, 1.165) is 11.1 Å². The highest BCUT2D eigenvalue weighted by molar-refractivity contribution is 7.09. The lowest BCUT2D eigenvalue weighted by Crippen LogP contribution is -2.14. The van der Waals surface area contributed by atoms with Crippen LogP contribution in [-0.4, -0.2) is 5.84 Å². The lowest BCUT2D eigenvalue weighted by Gasteiger charge is -2.08. The van der Waals surface area contributed by atoms with Gasteiger partial charge < -0.3 is 10.5 Å². The number of ether oxygens (including phenoxy) is 1. The summed E-state index contributed by atoms with van der Waals surface area (Å²) in [4.78, 5) is 1.20. The molecule has 0 aliphatic carbocycles. The van der Waals surface area contributed by atoms with Gasteiger partial charge in [0.25, 0.3) is 0 Å². The molecule has 1 heterocycles. The fourth-order valence-electron chi connectivity index (χ4n) is 1.57. The molecule has 88 valence electrons. The van der Waals surface area contributed by atoms with Crippen molar-refractivity contribution >= 4 is 17.2 Å². The second kappa shape index (κ2) is 5.61. The predicted octanol–water partition coefficient (Wildman–Crippen LogP) is 2.75. The molecule has 3 N–H and O–H groups in total. The van der Waals surface area contributed by atoms with E-state index in [2.05, 4.69) is 0 Å². The normalized spacial score (nSPS) is 10.4. The maximum Gasteiger partial charge on any atom is 0.123 e. The summed E-state index contributed by atoms with van der Waals surface area (Å²) < 4.78 is 5.61. The third-order valence-electron chi connectivity index (χ3n) is 2.39. The zero-order valence-electron chi connectivity index (χ0n) is 9.35. The minimum atomic E-state index is 0.0836. The molecule has 0 fully saturated rings. The van der Waals surface area contributed by atoms with Crippen LogP contribution in [0, 0.1) is 5.41 Å². The molecule has 0 aliphatic rings. The minimum absolute atomic E-state index is 0.0836. The van der Waals surface area contributed by atoms with Crippen LogP contribution in [0.3, 0.4) is 0 Å². The van der Waals surface area contributed by atoms with Crippen molar-refractivity contribution in [3.8, 4) is 0 Å². The van der Waals surface area contributed by atoms with Crippen LogP contribution in [0.5, 0.6) is 0 Å². The van der Waals surface area contributed by atoms with Gasteiger partial charge in [-0.25, -0.2) is 0 Å². The second-order valence-corrected chi connectivity index (χ2v) is 4.68. The van der Waals surface area contributed by atoms with Crippen LogP contribution in [0.15, 0.2) is 41.8 Å². The number of benzene rings is 1. The summed E-state index contributed by atoms with van der Waals surface area (Å²) in [7, 11) is 0. The predicted molar refractivity (Wildman–Crippen MR) is 70.3 cm³/mol. The third-order valence-corrected chi connectivity index (χ3v) is 3.24. The van der Waals surface area contributed by atoms with E-state index in [1.54, 1.807) is 11.3 Å². The Kier molecular flexibility index (Phi) is 3.90. The number of hydrogen-bond acceptors (Lipinski definition) is 3. The first kappa shape index (κ1) is 11.8. The van der Waals surface area contributed by atoms with E-state index in [4.69, 9.17) is 15.9 Å². The molecule has 4 heteroatoms. The summed E-state index contributed by atoms with van der Waals surface area (Å²) in [6.07, 6.45) is 0. The molecule has 0 saturated carbocycles. The van der Waals surface area contributed by atoms with Gasteiger partial charge in [0.05, 0.1) is 13.2 Å². The number of nitrogens with two attached hydrogens (primary N) is 1. The highest BCUT2D eigenvalue weighted by atomic mass is 32.1. The van der Waals surface area contributed by atoms with Crippen molar-refractivity contribution < 1.29 is 4.74 Å². The van der Waals surface area contributed by atoms with Gasteiger partial charge in [0.1, 0.15) is 5.84 Å². The summed E-state index contributed by atoms with van der Waals surface area (Å²) in [5.41, 5.74) is 7.21. The number of amidine groups is 1. The first-order valence-corrected chi connectivity index (χ1v) is 6.18. The average molecular weight is 246 g/mol. The van der Waals surface area contributed by atoms with Crippen molar-refractivity contribution in [3.05, 3.63) is 57.8 Å². The summed E-state index contributed by atoms with van der Waals surface area (Å²) in [5.74, 6) is 0.0836. The largest absolute Gasteiger partial charge is 0.384 e. The van der Waals surface area contributed by atoms with Crippen LogP contribution in [0.1, 0.15) is 16.0 Å². The van der Waals surface area contributed by atoms with Gasteiger partial charge in [-0.2, -0.15) is 0 Å². The molecule has 0 aliphatic heterocycles. The van der Waals surface area contributed by atoms with E-state index >= 15 is 0 Å². The van der Waals surface area contributed by atoms with Gasteiger partial charge in [0.2, 0.25) is 0 Å². The molecule has 1 aromatic heterocycles. The van der Waals surface area contributed by atoms with Crippen molar-refractivity contribution in [2.45, 2.75) is 13.2 Å². The minimum Gasteiger partial charge on any atom is -0.384 e. The molecule has 0 atom stereocenters. The molecule has 3 nitrogen and oxygen atoms in total. The molecular weight excluding hydrogens is 232 g/mol. The summed E-state index contributed by atoms with van der Waals surface area (Å²) in [6.45, 7) is 1.08. The van der Waals surface area contributed by atoms with E-state index in [1.165, 1.54) is 4.88 Å². The number of nitrogens with one attached hydrogen (secondary N) is 1. The second-order valence-electron chi connectivity index (χ2n) is 3.64. The smallest absolute Gasteiger partial charge is 0.123 e. The van der Waals surface area contributed by atoms with Crippen molar-refractivity contribution in [2.75, 3.05) is 0 Å². The first-order valence-electron chi connectivity index (χ1n) is 5.30. The Morgan fingerprint density at radius 1 is 1.18 bits per heavy atom. The molecule has 0 radical (unpaired) electrons. The van der Waals surface area contributed by atoms with Gasteiger partial charge in [-0.15, -0.1) is 11.3 Å². The van der Waals surface area contributed by atoms with E-state index in [0.29, 0.717) is 13.2 Å². The Bertz CT molecular complexity index is 494. The van der Waals surface area contributed by atoms with Crippen LogP contribution in [-0.2, 0) is 18.0 Å². The van der Waals surface area contributed by atoms with Gasteiger partial charge in [-0.3, -0.25) is 5.41 Å². The highest BCUT2D eigenvalue weighted by Crippen LogP contribution is 2.13. The Balaban J connectivity index is 1.97. The third kappa shape index (κ3) is 3.15. The molecule has 17 heavy (non-hydrogen) atoms. The van der Waals surface area contributed by atoms with Crippen molar-refractivity contribution in [1.82, 2.24) is 0 Å². The fraction of sp³-hybridized carbons (Fsp3) is 0.154. The SMILES string of the molecule is N=C(N)c1ccccc1COCc1cccs1. The molecule has 0 unspecified atom stereocenters. The topological polar surface area (TPSA) is 59.1 Å². The van der Waals surface area contributed by atoms with Gasteiger partial charge in [-0.1, -0.05) is 30.3 Å². The number of nitrogen functional groups attached to an aromatic ring is 1. The average Bonchev–Trinajstić information content (AvgIpc) is 2.82. The molecule has 0 spiro atoms. The molecule has 0 amide bonds. The summed E-state index contributed by atoms with van der Waals surface area (Å²) >= 11 is 1.68. The standard InChI is InChI=1S/C13H14N2OS/c14-13(15)12-6-2-1-4-10(12)8-16-9-11-5-3-7-17-11/h1-7H,8-9H2,(H3,14,15).